The van der Waals surface area contributed by atoms with E-state index >= 15 is 0 Å². The van der Waals surface area contributed by atoms with Crippen LogP contribution in [0.5, 0.6) is 11.6 Å². The van der Waals surface area contributed by atoms with Gasteiger partial charge in [-0.15, -0.1) is 0 Å². The van der Waals surface area contributed by atoms with Gasteiger partial charge in [-0.3, -0.25) is 30.7 Å². The summed E-state index contributed by atoms with van der Waals surface area (Å²) >= 11 is 0. The summed E-state index contributed by atoms with van der Waals surface area (Å²) in [5, 5.41) is 11.5. The zero-order valence-corrected chi connectivity index (χ0v) is 14.1. The Morgan fingerprint density at radius 2 is 2.00 bits per heavy atom. The zero-order chi connectivity index (χ0) is 19.2. The highest BCUT2D eigenvalue weighted by Crippen LogP contribution is 2.33. The standard InChI is InChI=1S/C17H14N6O4/c1-11-5-2-3-7-13(11)16(24)22-21-15-14(23(25)26)17(20-10-19-15)27-12-6-4-8-18-9-12/h2-10H,1H3,(H,22,24)(H,19,20,21). The number of hydrazine groups is 1. The molecule has 0 radical (unpaired) electrons. The normalized spacial score (nSPS) is 10.1. The Bertz CT molecular complexity index is 980. The molecule has 0 atom stereocenters. The summed E-state index contributed by atoms with van der Waals surface area (Å²) in [5.41, 5.74) is 5.51. The van der Waals surface area contributed by atoms with Crippen LogP contribution >= 0.6 is 0 Å². The average Bonchev–Trinajstić information content (AvgIpc) is 2.67. The summed E-state index contributed by atoms with van der Waals surface area (Å²) in [6, 6.07) is 10.1. The van der Waals surface area contributed by atoms with E-state index in [2.05, 4.69) is 25.8 Å². The highest BCUT2D eigenvalue weighted by atomic mass is 16.6. The molecular formula is C17H14N6O4. The number of carbonyl (C=O) groups excluding carboxylic acids is 1. The van der Waals surface area contributed by atoms with Gasteiger partial charge in [0.1, 0.15) is 12.1 Å². The predicted octanol–water partition coefficient (Wildman–Crippen LogP) is 2.64. The van der Waals surface area contributed by atoms with Gasteiger partial charge >= 0.3 is 11.6 Å². The van der Waals surface area contributed by atoms with E-state index in [0.29, 0.717) is 5.56 Å². The van der Waals surface area contributed by atoms with Crippen molar-refractivity contribution in [3.8, 4) is 11.6 Å². The van der Waals surface area contributed by atoms with Crippen LogP contribution in [0.15, 0.2) is 55.1 Å². The Morgan fingerprint density at radius 3 is 2.70 bits per heavy atom. The summed E-state index contributed by atoms with van der Waals surface area (Å²) < 4.78 is 5.41. The van der Waals surface area contributed by atoms with E-state index in [1.807, 2.05) is 0 Å². The van der Waals surface area contributed by atoms with Crippen molar-refractivity contribution in [1.29, 1.82) is 0 Å². The smallest absolute Gasteiger partial charge is 0.374 e. The third-order valence-electron chi connectivity index (χ3n) is 3.50. The number of amides is 1. The maximum atomic E-state index is 12.3. The number of aryl methyl sites for hydroxylation is 1. The monoisotopic (exact) mass is 366 g/mol. The van der Waals surface area contributed by atoms with E-state index in [1.54, 1.807) is 43.3 Å². The molecule has 0 saturated carbocycles. The first-order chi connectivity index (χ1) is 13.1. The molecule has 0 aliphatic rings. The molecule has 136 valence electrons. The molecule has 0 aliphatic carbocycles. The third-order valence-corrected chi connectivity index (χ3v) is 3.50. The van der Waals surface area contributed by atoms with E-state index in [1.165, 1.54) is 12.4 Å². The Hall–Kier alpha value is -4.08. The Labute approximate surface area is 153 Å². The van der Waals surface area contributed by atoms with Gasteiger partial charge in [0.25, 0.3) is 5.91 Å². The molecule has 0 aliphatic heterocycles. The number of benzene rings is 1. The molecule has 0 bridgehead atoms. The van der Waals surface area contributed by atoms with Crippen molar-refractivity contribution in [2.75, 3.05) is 5.43 Å². The summed E-state index contributed by atoms with van der Waals surface area (Å²) in [7, 11) is 0. The van der Waals surface area contributed by atoms with Crippen LogP contribution in [0.25, 0.3) is 0 Å². The van der Waals surface area contributed by atoms with Crippen LogP contribution in [0.4, 0.5) is 11.5 Å². The number of pyridine rings is 1. The number of nitro groups is 1. The summed E-state index contributed by atoms with van der Waals surface area (Å²) in [4.78, 5) is 34.5. The van der Waals surface area contributed by atoms with Crippen LogP contribution in [-0.2, 0) is 0 Å². The maximum absolute atomic E-state index is 12.3. The minimum Gasteiger partial charge on any atom is -0.432 e. The first-order valence-electron chi connectivity index (χ1n) is 7.75. The zero-order valence-electron chi connectivity index (χ0n) is 14.1. The van der Waals surface area contributed by atoms with E-state index in [0.717, 1.165) is 11.9 Å². The molecule has 0 unspecified atom stereocenters. The second-order valence-electron chi connectivity index (χ2n) is 5.32. The largest absolute Gasteiger partial charge is 0.432 e. The van der Waals surface area contributed by atoms with E-state index in [-0.39, 0.29) is 17.4 Å². The molecular weight excluding hydrogens is 352 g/mol. The van der Waals surface area contributed by atoms with Gasteiger partial charge in [-0.1, -0.05) is 18.2 Å². The molecule has 3 rings (SSSR count). The fourth-order valence-corrected chi connectivity index (χ4v) is 2.22. The molecule has 2 aromatic heterocycles. The van der Waals surface area contributed by atoms with Crippen molar-refractivity contribution in [2.45, 2.75) is 6.92 Å². The minimum absolute atomic E-state index is 0.212. The summed E-state index contributed by atoms with van der Waals surface area (Å²) in [6.45, 7) is 1.78. The summed E-state index contributed by atoms with van der Waals surface area (Å²) in [6.07, 6.45) is 4.01. The minimum atomic E-state index is -0.700. The van der Waals surface area contributed by atoms with Crippen molar-refractivity contribution < 1.29 is 14.5 Å². The number of ether oxygens (including phenoxy) is 1. The lowest BCUT2D eigenvalue weighted by molar-refractivity contribution is -0.385. The lowest BCUT2D eigenvalue weighted by Gasteiger charge is -2.11. The number of rotatable bonds is 6. The van der Waals surface area contributed by atoms with Crippen LogP contribution in [-0.4, -0.2) is 25.8 Å². The quantitative estimate of drug-likeness (QED) is 0.502. The molecule has 2 N–H and O–H groups in total. The Morgan fingerprint density at radius 1 is 1.19 bits per heavy atom. The number of nitrogens with one attached hydrogen (secondary N) is 2. The van der Waals surface area contributed by atoms with Gasteiger partial charge in [-0.05, 0) is 30.7 Å². The van der Waals surface area contributed by atoms with Gasteiger partial charge in [0.05, 0.1) is 11.1 Å². The van der Waals surface area contributed by atoms with Crippen molar-refractivity contribution in [3.05, 3.63) is 76.4 Å². The van der Waals surface area contributed by atoms with Gasteiger partial charge < -0.3 is 4.74 Å². The molecule has 0 spiro atoms. The first-order valence-corrected chi connectivity index (χ1v) is 7.75. The van der Waals surface area contributed by atoms with Crippen molar-refractivity contribution >= 4 is 17.4 Å². The van der Waals surface area contributed by atoms with Gasteiger partial charge in [-0.25, -0.2) is 4.98 Å². The number of carbonyl (C=O) groups is 1. The molecule has 1 aromatic carbocycles. The average molecular weight is 366 g/mol. The lowest BCUT2D eigenvalue weighted by Crippen LogP contribution is -2.30. The fraction of sp³-hybridized carbons (Fsp3) is 0.0588. The van der Waals surface area contributed by atoms with Crippen molar-refractivity contribution in [2.24, 2.45) is 0 Å². The summed E-state index contributed by atoms with van der Waals surface area (Å²) in [5.74, 6) is -0.684. The molecule has 27 heavy (non-hydrogen) atoms. The van der Waals surface area contributed by atoms with Crippen LogP contribution in [0.2, 0.25) is 0 Å². The first kappa shape index (κ1) is 17.7. The van der Waals surface area contributed by atoms with Gasteiger partial charge in [-0.2, -0.15) is 4.98 Å². The SMILES string of the molecule is Cc1ccccc1C(=O)NNc1ncnc(Oc2cccnc2)c1[N+](=O)[O-]. The number of aromatic nitrogens is 3. The van der Waals surface area contributed by atoms with E-state index in [4.69, 9.17) is 4.74 Å². The van der Waals surface area contributed by atoms with E-state index < -0.39 is 16.5 Å². The van der Waals surface area contributed by atoms with Crippen LogP contribution in [0.3, 0.4) is 0 Å². The highest BCUT2D eigenvalue weighted by molar-refractivity contribution is 5.96. The number of nitrogens with zero attached hydrogens (tertiary/aromatic N) is 4. The van der Waals surface area contributed by atoms with Crippen LogP contribution in [0, 0.1) is 17.0 Å². The highest BCUT2D eigenvalue weighted by Gasteiger charge is 2.25. The molecule has 3 aromatic rings. The predicted molar refractivity (Wildman–Crippen MR) is 95.3 cm³/mol. The molecule has 1 amide bonds. The molecule has 10 heteroatoms. The van der Waals surface area contributed by atoms with Crippen molar-refractivity contribution in [3.63, 3.8) is 0 Å². The molecule has 2 heterocycles. The number of hydrogen-bond donors (Lipinski definition) is 2. The van der Waals surface area contributed by atoms with Crippen molar-refractivity contribution in [1.82, 2.24) is 20.4 Å². The van der Waals surface area contributed by atoms with Crippen LogP contribution < -0.4 is 15.6 Å². The molecule has 0 fully saturated rings. The van der Waals surface area contributed by atoms with Crippen LogP contribution in [0.1, 0.15) is 15.9 Å². The Kier molecular flexibility index (Phi) is 5.17. The molecule has 0 saturated heterocycles. The number of anilines is 1. The lowest BCUT2D eigenvalue weighted by atomic mass is 10.1. The Balaban J connectivity index is 1.83. The third kappa shape index (κ3) is 4.12. The van der Waals surface area contributed by atoms with Gasteiger partial charge in [0, 0.05) is 11.8 Å². The topological polar surface area (TPSA) is 132 Å². The number of hydrogen-bond acceptors (Lipinski definition) is 8. The van der Waals surface area contributed by atoms with Gasteiger partial charge in [0.15, 0.2) is 0 Å². The van der Waals surface area contributed by atoms with E-state index in [9.17, 15) is 14.9 Å². The second-order valence-corrected chi connectivity index (χ2v) is 5.32. The van der Waals surface area contributed by atoms with Gasteiger partial charge in [0.2, 0.25) is 5.82 Å². The maximum Gasteiger partial charge on any atom is 0.374 e. The molecule has 10 nitrogen and oxygen atoms in total. The fourth-order valence-electron chi connectivity index (χ4n) is 2.22. The second kappa shape index (κ2) is 7.87.